The molecule has 0 amide bonds. The molecule has 1 saturated carbocycles. The summed E-state index contributed by atoms with van der Waals surface area (Å²) in [4.78, 5) is 2.38. The Morgan fingerprint density at radius 2 is 2.00 bits per heavy atom. The van der Waals surface area contributed by atoms with Gasteiger partial charge in [0.2, 0.25) is 0 Å². The first-order valence-corrected chi connectivity index (χ1v) is 6.65. The minimum atomic E-state index is 0.365. The molecule has 1 fully saturated rings. The third-order valence-electron chi connectivity index (χ3n) is 3.39. The number of hydrogen-bond donors (Lipinski definition) is 1. The average Bonchev–Trinajstić information content (AvgIpc) is 2.24. The third kappa shape index (κ3) is 4.81. The topological polar surface area (TPSA) is 38.5 Å². The number of rotatable bonds is 6. The van der Waals surface area contributed by atoms with Crippen molar-refractivity contribution in [1.29, 1.82) is 0 Å². The molecule has 2 unspecified atom stereocenters. The van der Waals surface area contributed by atoms with E-state index in [-0.39, 0.29) is 0 Å². The van der Waals surface area contributed by atoms with Crippen LogP contribution in [0.4, 0.5) is 0 Å². The van der Waals surface area contributed by atoms with E-state index in [4.69, 9.17) is 10.5 Å². The van der Waals surface area contributed by atoms with Gasteiger partial charge in [-0.3, -0.25) is 4.90 Å². The molecular weight excluding hydrogens is 200 g/mol. The lowest BCUT2D eigenvalue weighted by Gasteiger charge is -2.36. The number of nitrogens with zero attached hydrogens (tertiary/aromatic N) is 1. The predicted molar refractivity (Wildman–Crippen MR) is 68.5 cm³/mol. The van der Waals surface area contributed by atoms with Gasteiger partial charge >= 0.3 is 0 Å². The van der Waals surface area contributed by atoms with Crippen molar-refractivity contribution in [3.63, 3.8) is 0 Å². The molecule has 1 rings (SSSR count). The SMILES string of the molecule is CC(C)COCCN(C)C1CCCCC1N. The van der Waals surface area contributed by atoms with E-state index < -0.39 is 0 Å². The monoisotopic (exact) mass is 228 g/mol. The Balaban J connectivity index is 2.15. The van der Waals surface area contributed by atoms with Crippen molar-refractivity contribution in [3.8, 4) is 0 Å². The fourth-order valence-corrected chi connectivity index (χ4v) is 2.38. The van der Waals surface area contributed by atoms with E-state index in [9.17, 15) is 0 Å². The molecule has 0 aromatic carbocycles. The molecule has 3 nitrogen and oxygen atoms in total. The summed E-state index contributed by atoms with van der Waals surface area (Å²) in [7, 11) is 2.18. The standard InChI is InChI=1S/C13H28N2O/c1-11(2)10-16-9-8-15(3)13-7-5-4-6-12(13)14/h11-13H,4-10,14H2,1-3H3. The minimum absolute atomic E-state index is 0.365. The lowest BCUT2D eigenvalue weighted by Crippen LogP contribution is -2.48. The number of ether oxygens (including phenoxy) is 1. The lowest BCUT2D eigenvalue weighted by atomic mass is 9.90. The molecule has 3 heteroatoms. The van der Waals surface area contributed by atoms with Crippen LogP contribution in [0.1, 0.15) is 39.5 Å². The van der Waals surface area contributed by atoms with Crippen LogP contribution in [-0.4, -0.2) is 43.8 Å². The van der Waals surface area contributed by atoms with Crippen LogP contribution in [0.25, 0.3) is 0 Å². The van der Waals surface area contributed by atoms with Gasteiger partial charge in [0, 0.05) is 25.2 Å². The summed E-state index contributed by atoms with van der Waals surface area (Å²) in [6.45, 7) is 7.06. The van der Waals surface area contributed by atoms with E-state index in [1.807, 2.05) is 0 Å². The van der Waals surface area contributed by atoms with Crippen LogP contribution in [0.2, 0.25) is 0 Å². The second-order valence-corrected chi connectivity index (χ2v) is 5.47. The highest BCUT2D eigenvalue weighted by atomic mass is 16.5. The first-order valence-electron chi connectivity index (χ1n) is 6.65. The Labute approximate surface area is 100 Å². The van der Waals surface area contributed by atoms with Crippen molar-refractivity contribution in [3.05, 3.63) is 0 Å². The molecule has 0 aliphatic heterocycles. The maximum atomic E-state index is 6.15. The summed E-state index contributed by atoms with van der Waals surface area (Å²) in [5.41, 5.74) is 6.15. The van der Waals surface area contributed by atoms with Crippen molar-refractivity contribution < 1.29 is 4.74 Å². The van der Waals surface area contributed by atoms with E-state index >= 15 is 0 Å². The van der Waals surface area contributed by atoms with Gasteiger partial charge in [0.25, 0.3) is 0 Å². The van der Waals surface area contributed by atoms with Gasteiger partial charge < -0.3 is 10.5 Å². The summed E-state index contributed by atoms with van der Waals surface area (Å²) < 4.78 is 5.61. The summed E-state index contributed by atoms with van der Waals surface area (Å²) in [5, 5.41) is 0. The van der Waals surface area contributed by atoms with Gasteiger partial charge in [-0.25, -0.2) is 0 Å². The van der Waals surface area contributed by atoms with Gasteiger partial charge in [0.15, 0.2) is 0 Å². The van der Waals surface area contributed by atoms with E-state index in [0.29, 0.717) is 18.0 Å². The normalized spacial score (nSPS) is 26.6. The Bertz CT molecular complexity index is 185. The Morgan fingerprint density at radius 3 is 2.62 bits per heavy atom. The first kappa shape index (κ1) is 13.9. The van der Waals surface area contributed by atoms with Crippen LogP contribution in [0, 0.1) is 5.92 Å². The Kier molecular flexibility index (Phi) is 6.32. The van der Waals surface area contributed by atoms with Crippen LogP contribution in [0.5, 0.6) is 0 Å². The molecule has 0 heterocycles. The van der Waals surface area contributed by atoms with Crippen LogP contribution in [0.3, 0.4) is 0 Å². The van der Waals surface area contributed by atoms with Crippen molar-refractivity contribution in [2.75, 3.05) is 26.8 Å². The van der Waals surface area contributed by atoms with Crippen LogP contribution >= 0.6 is 0 Å². The third-order valence-corrected chi connectivity index (χ3v) is 3.39. The zero-order chi connectivity index (χ0) is 12.0. The van der Waals surface area contributed by atoms with Gasteiger partial charge in [0.1, 0.15) is 0 Å². The van der Waals surface area contributed by atoms with Crippen molar-refractivity contribution in [2.24, 2.45) is 11.7 Å². The molecule has 0 saturated heterocycles. The van der Waals surface area contributed by atoms with E-state index in [1.165, 1.54) is 25.7 Å². The predicted octanol–water partition coefficient (Wildman–Crippen LogP) is 1.86. The van der Waals surface area contributed by atoms with E-state index in [2.05, 4.69) is 25.8 Å². The second-order valence-electron chi connectivity index (χ2n) is 5.47. The zero-order valence-electron chi connectivity index (χ0n) is 11.1. The highest BCUT2D eigenvalue weighted by Gasteiger charge is 2.24. The van der Waals surface area contributed by atoms with Gasteiger partial charge in [-0.2, -0.15) is 0 Å². The van der Waals surface area contributed by atoms with Gasteiger partial charge in [-0.05, 0) is 25.8 Å². The summed E-state index contributed by atoms with van der Waals surface area (Å²) in [6, 6.07) is 0.931. The van der Waals surface area contributed by atoms with E-state index in [0.717, 1.165) is 19.8 Å². The van der Waals surface area contributed by atoms with Gasteiger partial charge in [0.05, 0.1) is 6.61 Å². The molecule has 16 heavy (non-hydrogen) atoms. The molecule has 2 N–H and O–H groups in total. The van der Waals surface area contributed by atoms with Crippen molar-refractivity contribution in [1.82, 2.24) is 4.90 Å². The van der Waals surface area contributed by atoms with Crippen LogP contribution in [-0.2, 0) is 4.74 Å². The highest BCUT2D eigenvalue weighted by Crippen LogP contribution is 2.20. The van der Waals surface area contributed by atoms with E-state index in [1.54, 1.807) is 0 Å². The van der Waals surface area contributed by atoms with Crippen LogP contribution < -0.4 is 5.73 Å². The summed E-state index contributed by atoms with van der Waals surface area (Å²) >= 11 is 0. The fraction of sp³-hybridized carbons (Fsp3) is 1.00. The smallest absolute Gasteiger partial charge is 0.0593 e. The molecule has 0 aromatic heterocycles. The lowest BCUT2D eigenvalue weighted by molar-refractivity contribution is 0.0708. The van der Waals surface area contributed by atoms with Crippen molar-refractivity contribution in [2.45, 2.75) is 51.6 Å². The van der Waals surface area contributed by atoms with Gasteiger partial charge in [-0.1, -0.05) is 26.7 Å². The summed E-state index contributed by atoms with van der Waals surface area (Å²) in [5.74, 6) is 0.627. The number of nitrogens with two attached hydrogens (primary N) is 1. The zero-order valence-corrected chi connectivity index (χ0v) is 11.1. The average molecular weight is 228 g/mol. The van der Waals surface area contributed by atoms with Crippen LogP contribution in [0.15, 0.2) is 0 Å². The number of likely N-dealkylation sites (N-methyl/N-ethyl adjacent to an activating group) is 1. The Morgan fingerprint density at radius 1 is 1.31 bits per heavy atom. The van der Waals surface area contributed by atoms with Gasteiger partial charge in [-0.15, -0.1) is 0 Å². The minimum Gasteiger partial charge on any atom is -0.380 e. The molecule has 0 radical (unpaired) electrons. The fourth-order valence-electron chi connectivity index (χ4n) is 2.38. The largest absolute Gasteiger partial charge is 0.380 e. The molecule has 2 atom stereocenters. The molecule has 0 spiro atoms. The maximum Gasteiger partial charge on any atom is 0.0593 e. The quantitative estimate of drug-likeness (QED) is 0.705. The number of hydrogen-bond acceptors (Lipinski definition) is 3. The highest BCUT2D eigenvalue weighted by molar-refractivity contribution is 4.84. The Hall–Kier alpha value is -0.120. The first-order chi connectivity index (χ1) is 7.61. The molecule has 1 aliphatic carbocycles. The molecule has 0 bridgehead atoms. The second kappa shape index (κ2) is 7.25. The molecule has 1 aliphatic rings. The summed E-state index contributed by atoms with van der Waals surface area (Å²) in [6.07, 6.45) is 5.06. The molecule has 96 valence electrons. The maximum absolute atomic E-state index is 6.15. The molecule has 0 aromatic rings. The molecular formula is C13H28N2O. The van der Waals surface area contributed by atoms with Crippen molar-refractivity contribution >= 4 is 0 Å².